The van der Waals surface area contributed by atoms with E-state index in [1.807, 2.05) is 6.92 Å². The molecule has 0 aromatic carbocycles. The topological polar surface area (TPSA) is 66.4 Å². The summed E-state index contributed by atoms with van der Waals surface area (Å²) in [5.41, 5.74) is 0.456. The van der Waals surface area contributed by atoms with Crippen molar-refractivity contribution in [2.24, 2.45) is 0 Å². The molecule has 0 aliphatic heterocycles. The van der Waals surface area contributed by atoms with Gasteiger partial charge in [0.1, 0.15) is 0 Å². The predicted octanol–water partition coefficient (Wildman–Crippen LogP) is 0.891. The third-order valence-electron chi connectivity index (χ3n) is 1.15. The molecule has 1 amide bonds. The Morgan fingerprint density at radius 2 is 2.08 bits per heavy atom. The number of carboxylic acid groups (broad SMARTS) is 1. The molecule has 12 heavy (non-hydrogen) atoms. The minimum atomic E-state index is -1.03. The zero-order valence-corrected chi connectivity index (χ0v) is 7.26. The lowest BCUT2D eigenvalue weighted by atomic mass is 10.2. The first-order chi connectivity index (χ1) is 5.56. The van der Waals surface area contributed by atoms with Crippen LogP contribution in [0.4, 0.5) is 0 Å². The second-order valence-corrected chi connectivity index (χ2v) is 2.44. The van der Waals surface area contributed by atoms with Crippen LogP contribution in [0.3, 0.4) is 0 Å². The Kier molecular flexibility index (Phi) is 4.76. The van der Waals surface area contributed by atoms with Crippen LogP contribution in [0.15, 0.2) is 11.8 Å². The number of carbonyl (C=O) groups excluding carboxylic acids is 1. The van der Waals surface area contributed by atoms with E-state index in [9.17, 15) is 9.59 Å². The van der Waals surface area contributed by atoms with Crippen LogP contribution >= 0.6 is 0 Å². The summed E-state index contributed by atoms with van der Waals surface area (Å²) in [6, 6.07) is 0. The number of nitrogens with one attached hydrogen (secondary N) is 1. The van der Waals surface area contributed by atoms with Gasteiger partial charge in [-0.2, -0.15) is 0 Å². The summed E-state index contributed by atoms with van der Waals surface area (Å²) in [6.07, 6.45) is 2.40. The van der Waals surface area contributed by atoms with Gasteiger partial charge in [-0.3, -0.25) is 4.79 Å². The van der Waals surface area contributed by atoms with Crippen LogP contribution in [-0.4, -0.2) is 17.0 Å². The Morgan fingerprint density at radius 1 is 1.50 bits per heavy atom. The van der Waals surface area contributed by atoms with Crippen LogP contribution < -0.4 is 5.32 Å². The highest BCUT2D eigenvalue weighted by Crippen LogP contribution is 1.99. The first-order valence-corrected chi connectivity index (χ1v) is 3.77. The van der Waals surface area contributed by atoms with Gasteiger partial charge in [0.2, 0.25) is 5.91 Å². The van der Waals surface area contributed by atoms with Crippen LogP contribution in [0, 0.1) is 0 Å². The predicted molar refractivity (Wildman–Crippen MR) is 44.4 cm³/mol. The van der Waals surface area contributed by atoms with Crippen molar-refractivity contribution in [1.82, 2.24) is 5.32 Å². The molecule has 4 heteroatoms. The van der Waals surface area contributed by atoms with Gasteiger partial charge >= 0.3 is 5.97 Å². The number of hydrogen-bond donors (Lipinski definition) is 2. The maximum atomic E-state index is 10.6. The summed E-state index contributed by atoms with van der Waals surface area (Å²) in [6.45, 7) is 3.27. The van der Waals surface area contributed by atoms with Crippen molar-refractivity contribution in [3.63, 3.8) is 0 Å². The van der Waals surface area contributed by atoms with E-state index in [2.05, 4.69) is 5.32 Å². The molecule has 68 valence electrons. The summed E-state index contributed by atoms with van der Waals surface area (Å²) in [7, 11) is 0. The molecule has 0 aromatic rings. The zero-order valence-electron chi connectivity index (χ0n) is 7.26. The third-order valence-corrected chi connectivity index (χ3v) is 1.15. The maximum absolute atomic E-state index is 10.6. The van der Waals surface area contributed by atoms with Crippen molar-refractivity contribution < 1.29 is 14.7 Å². The fourth-order valence-corrected chi connectivity index (χ4v) is 0.815. The fourth-order valence-electron chi connectivity index (χ4n) is 0.815. The number of allylic oxidation sites excluding steroid dienone is 1. The molecule has 0 aliphatic rings. The molecule has 0 aliphatic carbocycles. The molecular weight excluding hydrogens is 158 g/mol. The van der Waals surface area contributed by atoms with Crippen LogP contribution in [0.2, 0.25) is 0 Å². The van der Waals surface area contributed by atoms with Crippen LogP contribution in [-0.2, 0) is 9.59 Å². The normalized spacial score (nSPS) is 11.0. The maximum Gasteiger partial charge on any atom is 0.330 e. The Morgan fingerprint density at radius 3 is 2.42 bits per heavy atom. The molecule has 0 aromatic heterocycles. The smallest absolute Gasteiger partial charge is 0.330 e. The Labute approximate surface area is 71.3 Å². The largest absolute Gasteiger partial charge is 0.478 e. The van der Waals surface area contributed by atoms with Crippen molar-refractivity contribution in [3.8, 4) is 0 Å². The van der Waals surface area contributed by atoms with Crippen molar-refractivity contribution in [2.45, 2.75) is 26.7 Å². The number of carboxylic acids is 1. The lowest BCUT2D eigenvalue weighted by molar-refractivity contribution is -0.131. The molecule has 0 fully saturated rings. The average Bonchev–Trinajstić information content (AvgIpc) is 1.84. The summed E-state index contributed by atoms with van der Waals surface area (Å²) >= 11 is 0. The first kappa shape index (κ1) is 10.7. The van der Waals surface area contributed by atoms with Gasteiger partial charge in [-0.1, -0.05) is 13.3 Å². The molecule has 0 rings (SSSR count). The van der Waals surface area contributed by atoms with E-state index in [1.165, 1.54) is 6.92 Å². The van der Waals surface area contributed by atoms with Crippen LogP contribution in [0.5, 0.6) is 0 Å². The highest BCUT2D eigenvalue weighted by Gasteiger charge is 2.00. The lowest BCUT2D eigenvalue weighted by Crippen LogP contribution is -2.19. The number of rotatable bonds is 4. The standard InChI is InChI=1S/C8H13NO3/c1-3-4-7(5-8(11)12)9-6(2)10/h5H,3-4H2,1-2H3,(H,9,10)(H,11,12). The Balaban J connectivity index is 4.21. The summed E-state index contributed by atoms with van der Waals surface area (Å²) in [5, 5.41) is 10.8. The van der Waals surface area contributed by atoms with E-state index in [0.717, 1.165) is 12.5 Å². The van der Waals surface area contributed by atoms with Gasteiger partial charge in [-0.05, 0) is 6.42 Å². The lowest BCUT2D eigenvalue weighted by Gasteiger charge is -2.04. The van der Waals surface area contributed by atoms with Crippen molar-refractivity contribution in [1.29, 1.82) is 0 Å². The molecule has 0 radical (unpaired) electrons. The number of aliphatic carboxylic acids is 1. The molecular formula is C8H13NO3. The average molecular weight is 171 g/mol. The minimum Gasteiger partial charge on any atom is -0.478 e. The monoisotopic (exact) mass is 171 g/mol. The van der Waals surface area contributed by atoms with Gasteiger partial charge in [0.05, 0.1) is 0 Å². The summed E-state index contributed by atoms with van der Waals surface area (Å²) < 4.78 is 0. The SMILES string of the molecule is CCCC(=CC(=O)O)NC(C)=O. The van der Waals surface area contributed by atoms with E-state index in [0.29, 0.717) is 12.1 Å². The molecule has 0 heterocycles. The van der Waals surface area contributed by atoms with Crippen molar-refractivity contribution in [3.05, 3.63) is 11.8 Å². The molecule has 0 unspecified atom stereocenters. The molecule has 2 N–H and O–H groups in total. The quantitative estimate of drug-likeness (QED) is 0.617. The highest BCUT2D eigenvalue weighted by atomic mass is 16.4. The van der Waals surface area contributed by atoms with Gasteiger partial charge < -0.3 is 10.4 Å². The number of carbonyl (C=O) groups is 2. The van der Waals surface area contributed by atoms with Gasteiger partial charge in [0.15, 0.2) is 0 Å². The highest BCUT2D eigenvalue weighted by molar-refractivity contribution is 5.82. The van der Waals surface area contributed by atoms with E-state index in [1.54, 1.807) is 0 Å². The molecule has 0 bridgehead atoms. The van der Waals surface area contributed by atoms with Gasteiger partial charge in [-0.15, -0.1) is 0 Å². The number of hydrogen-bond acceptors (Lipinski definition) is 2. The molecule has 0 spiro atoms. The minimum absolute atomic E-state index is 0.240. The van der Waals surface area contributed by atoms with Crippen LogP contribution in [0.1, 0.15) is 26.7 Å². The fraction of sp³-hybridized carbons (Fsp3) is 0.500. The Hall–Kier alpha value is -1.32. The second kappa shape index (κ2) is 5.35. The van der Waals surface area contributed by atoms with E-state index >= 15 is 0 Å². The molecule has 0 saturated carbocycles. The zero-order chi connectivity index (χ0) is 9.56. The number of amides is 1. The van der Waals surface area contributed by atoms with Crippen LogP contribution in [0.25, 0.3) is 0 Å². The third kappa shape index (κ3) is 5.46. The van der Waals surface area contributed by atoms with E-state index in [4.69, 9.17) is 5.11 Å². The van der Waals surface area contributed by atoms with Crippen molar-refractivity contribution >= 4 is 11.9 Å². The molecule has 0 atom stereocenters. The molecule has 0 saturated heterocycles. The second-order valence-electron chi connectivity index (χ2n) is 2.44. The van der Waals surface area contributed by atoms with Gasteiger partial charge in [0.25, 0.3) is 0 Å². The summed E-state index contributed by atoms with van der Waals surface area (Å²) in [4.78, 5) is 20.8. The van der Waals surface area contributed by atoms with E-state index < -0.39 is 5.97 Å². The van der Waals surface area contributed by atoms with Gasteiger partial charge in [-0.25, -0.2) is 4.79 Å². The Bertz CT molecular complexity index is 208. The van der Waals surface area contributed by atoms with Crippen molar-refractivity contribution in [2.75, 3.05) is 0 Å². The van der Waals surface area contributed by atoms with Gasteiger partial charge in [0, 0.05) is 18.7 Å². The first-order valence-electron chi connectivity index (χ1n) is 3.77. The molecule has 4 nitrogen and oxygen atoms in total. The van der Waals surface area contributed by atoms with E-state index in [-0.39, 0.29) is 5.91 Å². The summed E-state index contributed by atoms with van der Waals surface area (Å²) in [5.74, 6) is -1.27.